The molecule has 0 aliphatic heterocycles. The molecule has 2 aromatic heterocycles. The van der Waals surface area contributed by atoms with E-state index in [0.717, 1.165) is 12.8 Å². The van der Waals surface area contributed by atoms with Crippen molar-refractivity contribution >= 4 is 5.52 Å². The van der Waals surface area contributed by atoms with Crippen LogP contribution in [0.15, 0.2) is 30.6 Å². The summed E-state index contributed by atoms with van der Waals surface area (Å²) in [7, 11) is 0. The van der Waals surface area contributed by atoms with Crippen molar-refractivity contribution in [3.8, 4) is 0 Å². The van der Waals surface area contributed by atoms with Crippen molar-refractivity contribution in [1.29, 1.82) is 0 Å². The van der Waals surface area contributed by atoms with E-state index in [9.17, 15) is 0 Å². The lowest BCUT2D eigenvalue weighted by atomic mass is 9.80. The van der Waals surface area contributed by atoms with Gasteiger partial charge in [-0.15, -0.1) is 0 Å². The van der Waals surface area contributed by atoms with Gasteiger partial charge in [0.15, 0.2) is 0 Å². The molecule has 1 fully saturated rings. The molecule has 72 valence electrons. The molecule has 3 nitrogen and oxygen atoms in total. The summed E-state index contributed by atoms with van der Waals surface area (Å²) >= 11 is 0. The lowest BCUT2D eigenvalue weighted by Gasteiger charge is -2.31. The maximum absolute atomic E-state index is 5.78. The summed E-state index contributed by atoms with van der Waals surface area (Å²) in [6.45, 7) is 0. The zero-order valence-corrected chi connectivity index (χ0v) is 7.93. The second-order valence-corrected chi connectivity index (χ2v) is 4.04. The molecule has 1 aliphatic rings. The lowest BCUT2D eigenvalue weighted by Crippen LogP contribution is -2.35. The predicted molar refractivity (Wildman–Crippen MR) is 55.1 cm³/mol. The first-order valence-electron chi connectivity index (χ1n) is 5.02. The van der Waals surface area contributed by atoms with Crippen LogP contribution in [0.1, 0.15) is 24.6 Å². The van der Waals surface area contributed by atoms with Crippen LogP contribution in [-0.2, 0) is 0 Å². The van der Waals surface area contributed by atoms with Gasteiger partial charge in [0.2, 0.25) is 0 Å². The molecule has 0 amide bonds. The van der Waals surface area contributed by atoms with Crippen molar-refractivity contribution in [3.63, 3.8) is 0 Å². The Morgan fingerprint density at radius 2 is 2.21 bits per heavy atom. The number of imidazole rings is 1. The summed E-state index contributed by atoms with van der Waals surface area (Å²) < 4.78 is 2.16. The van der Waals surface area contributed by atoms with Crippen LogP contribution in [0.4, 0.5) is 0 Å². The second-order valence-electron chi connectivity index (χ2n) is 4.04. The molecule has 1 saturated carbocycles. The first-order valence-corrected chi connectivity index (χ1v) is 5.02. The molecule has 2 N–H and O–H groups in total. The van der Waals surface area contributed by atoms with Gasteiger partial charge in [-0.3, -0.25) is 0 Å². The van der Waals surface area contributed by atoms with Gasteiger partial charge in [0.05, 0.1) is 11.7 Å². The Kier molecular flexibility index (Phi) is 1.61. The Hall–Kier alpha value is -1.35. The third-order valence-corrected chi connectivity index (χ3v) is 3.01. The summed E-state index contributed by atoms with van der Waals surface area (Å²) in [6.07, 6.45) is 6.16. The highest BCUT2D eigenvalue weighted by Crippen LogP contribution is 2.34. The standard InChI is InChI=1S/C11H13N3/c12-9-5-8(6-9)11-13-7-10-3-1-2-4-14(10)11/h1-4,7-9H,5-6,12H2. The Morgan fingerprint density at radius 3 is 3.00 bits per heavy atom. The average molecular weight is 187 g/mol. The minimum Gasteiger partial charge on any atom is -0.328 e. The van der Waals surface area contributed by atoms with Gasteiger partial charge in [-0.05, 0) is 25.0 Å². The molecule has 0 aromatic carbocycles. The number of aromatic nitrogens is 2. The van der Waals surface area contributed by atoms with E-state index in [1.54, 1.807) is 0 Å². The van der Waals surface area contributed by atoms with Crippen molar-refractivity contribution in [2.75, 3.05) is 0 Å². The quantitative estimate of drug-likeness (QED) is 0.736. The van der Waals surface area contributed by atoms with E-state index in [1.165, 1.54) is 11.3 Å². The van der Waals surface area contributed by atoms with Gasteiger partial charge in [0.1, 0.15) is 5.82 Å². The van der Waals surface area contributed by atoms with Crippen LogP contribution < -0.4 is 5.73 Å². The SMILES string of the molecule is NC1CC(c2ncc3ccccn23)C1. The Labute approximate surface area is 82.6 Å². The van der Waals surface area contributed by atoms with Crippen LogP contribution in [0.2, 0.25) is 0 Å². The fourth-order valence-corrected chi connectivity index (χ4v) is 2.14. The number of nitrogens with zero attached hydrogens (tertiary/aromatic N) is 2. The highest BCUT2D eigenvalue weighted by molar-refractivity contribution is 5.46. The average Bonchev–Trinajstić information content (AvgIpc) is 2.56. The summed E-state index contributed by atoms with van der Waals surface area (Å²) in [4.78, 5) is 4.46. The van der Waals surface area contributed by atoms with E-state index in [0.29, 0.717) is 12.0 Å². The molecule has 1 aliphatic carbocycles. The second kappa shape index (κ2) is 2.82. The number of fused-ring (bicyclic) bond motifs is 1. The monoisotopic (exact) mass is 187 g/mol. The molecule has 0 atom stereocenters. The summed E-state index contributed by atoms with van der Waals surface area (Å²) in [5, 5.41) is 0. The summed E-state index contributed by atoms with van der Waals surface area (Å²) in [6, 6.07) is 6.54. The van der Waals surface area contributed by atoms with Crippen molar-refractivity contribution in [2.24, 2.45) is 5.73 Å². The van der Waals surface area contributed by atoms with E-state index in [4.69, 9.17) is 5.73 Å². The van der Waals surface area contributed by atoms with E-state index < -0.39 is 0 Å². The molecule has 2 aromatic rings. The zero-order chi connectivity index (χ0) is 9.54. The van der Waals surface area contributed by atoms with Crippen LogP contribution in [0, 0.1) is 0 Å². The van der Waals surface area contributed by atoms with Gasteiger partial charge in [0, 0.05) is 18.2 Å². The van der Waals surface area contributed by atoms with E-state index >= 15 is 0 Å². The third-order valence-electron chi connectivity index (χ3n) is 3.01. The van der Waals surface area contributed by atoms with Gasteiger partial charge in [0.25, 0.3) is 0 Å². The van der Waals surface area contributed by atoms with Crippen LogP contribution in [0.5, 0.6) is 0 Å². The molecule has 2 heterocycles. The van der Waals surface area contributed by atoms with Gasteiger partial charge < -0.3 is 10.1 Å². The van der Waals surface area contributed by atoms with Gasteiger partial charge >= 0.3 is 0 Å². The molecule has 3 heteroatoms. The normalized spacial score (nSPS) is 26.4. The summed E-state index contributed by atoms with van der Waals surface area (Å²) in [5.41, 5.74) is 6.95. The van der Waals surface area contributed by atoms with Crippen molar-refractivity contribution in [1.82, 2.24) is 9.38 Å². The van der Waals surface area contributed by atoms with Crippen LogP contribution in [0.25, 0.3) is 5.52 Å². The molecule has 0 bridgehead atoms. The van der Waals surface area contributed by atoms with E-state index in [-0.39, 0.29) is 0 Å². The maximum Gasteiger partial charge on any atom is 0.116 e. The number of rotatable bonds is 1. The topological polar surface area (TPSA) is 43.3 Å². The minimum atomic E-state index is 0.385. The largest absolute Gasteiger partial charge is 0.328 e. The number of pyridine rings is 1. The molecular formula is C11H13N3. The number of hydrogen-bond acceptors (Lipinski definition) is 2. The Bertz CT molecular complexity index is 454. The Morgan fingerprint density at radius 1 is 1.36 bits per heavy atom. The van der Waals surface area contributed by atoms with Gasteiger partial charge in [-0.1, -0.05) is 6.07 Å². The van der Waals surface area contributed by atoms with Crippen molar-refractivity contribution in [2.45, 2.75) is 24.8 Å². The first-order chi connectivity index (χ1) is 6.84. The lowest BCUT2D eigenvalue weighted by molar-refractivity contribution is 0.337. The highest BCUT2D eigenvalue weighted by atomic mass is 15.0. The van der Waals surface area contributed by atoms with Gasteiger partial charge in [-0.2, -0.15) is 0 Å². The van der Waals surface area contributed by atoms with Crippen LogP contribution >= 0.6 is 0 Å². The zero-order valence-electron chi connectivity index (χ0n) is 7.93. The fourth-order valence-electron chi connectivity index (χ4n) is 2.14. The molecule has 0 saturated heterocycles. The fraction of sp³-hybridized carbons (Fsp3) is 0.364. The maximum atomic E-state index is 5.78. The van der Waals surface area contributed by atoms with E-state index in [2.05, 4.69) is 21.6 Å². The predicted octanol–water partition coefficient (Wildman–Crippen LogP) is 1.54. The van der Waals surface area contributed by atoms with E-state index in [1.807, 2.05) is 18.3 Å². The molecule has 0 unspecified atom stereocenters. The molecule has 14 heavy (non-hydrogen) atoms. The van der Waals surface area contributed by atoms with Crippen molar-refractivity contribution in [3.05, 3.63) is 36.4 Å². The third kappa shape index (κ3) is 1.06. The molecule has 0 radical (unpaired) electrons. The van der Waals surface area contributed by atoms with Crippen LogP contribution in [-0.4, -0.2) is 15.4 Å². The number of nitrogens with two attached hydrogens (primary N) is 1. The molecule has 0 spiro atoms. The Balaban J connectivity index is 2.05. The highest BCUT2D eigenvalue weighted by Gasteiger charge is 2.30. The smallest absolute Gasteiger partial charge is 0.116 e. The van der Waals surface area contributed by atoms with Gasteiger partial charge in [-0.25, -0.2) is 4.98 Å². The molecule has 3 rings (SSSR count). The van der Waals surface area contributed by atoms with Crippen molar-refractivity contribution < 1.29 is 0 Å². The summed E-state index contributed by atoms with van der Waals surface area (Å²) in [5.74, 6) is 1.73. The minimum absolute atomic E-state index is 0.385. The number of hydrogen-bond donors (Lipinski definition) is 1. The first kappa shape index (κ1) is 8.00. The van der Waals surface area contributed by atoms with Crippen LogP contribution in [0.3, 0.4) is 0 Å². The molecular weight excluding hydrogens is 174 g/mol.